The molecule has 5 heteroatoms. The van der Waals surface area contributed by atoms with Crippen LogP contribution in [0.3, 0.4) is 0 Å². The first-order chi connectivity index (χ1) is 9.28. The van der Waals surface area contributed by atoms with Crippen LogP contribution in [-0.2, 0) is 9.53 Å². The second kappa shape index (κ2) is 6.61. The summed E-state index contributed by atoms with van der Waals surface area (Å²) in [7, 11) is 3.10. The molecule has 0 heterocycles. The Labute approximate surface area is 120 Å². The van der Waals surface area contributed by atoms with Crippen LogP contribution in [0.1, 0.15) is 38.8 Å². The lowest BCUT2D eigenvalue weighted by Gasteiger charge is -2.22. The SMILES string of the molecule is COc1cccc(C(N)CC(=O)OC(C)(C)C)c1OC. The summed E-state index contributed by atoms with van der Waals surface area (Å²) < 4.78 is 15.8. The number of benzene rings is 1. The monoisotopic (exact) mass is 281 g/mol. The molecule has 0 aromatic heterocycles. The highest BCUT2D eigenvalue weighted by Gasteiger charge is 2.22. The Bertz CT molecular complexity index is 465. The Morgan fingerprint density at radius 2 is 1.90 bits per heavy atom. The van der Waals surface area contributed by atoms with Crippen LogP contribution < -0.4 is 15.2 Å². The van der Waals surface area contributed by atoms with Gasteiger partial charge in [0.15, 0.2) is 11.5 Å². The molecule has 0 aliphatic rings. The first kappa shape index (κ1) is 16.3. The molecule has 1 atom stereocenters. The van der Waals surface area contributed by atoms with E-state index in [1.54, 1.807) is 20.3 Å². The molecule has 0 saturated carbocycles. The predicted molar refractivity (Wildman–Crippen MR) is 76.9 cm³/mol. The molecule has 20 heavy (non-hydrogen) atoms. The third-order valence-corrected chi connectivity index (χ3v) is 2.64. The average molecular weight is 281 g/mol. The van der Waals surface area contributed by atoms with Gasteiger partial charge in [-0.15, -0.1) is 0 Å². The van der Waals surface area contributed by atoms with Crippen LogP contribution in [0.2, 0.25) is 0 Å². The topological polar surface area (TPSA) is 70.8 Å². The highest BCUT2D eigenvalue weighted by atomic mass is 16.6. The summed E-state index contributed by atoms with van der Waals surface area (Å²) in [4.78, 5) is 11.8. The number of ether oxygens (including phenoxy) is 3. The largest absolute Gasteiger partial charge is 0.493 e. The van der Waals surface area contributed by atoms with E-state index in [1.165, 1.54) is 0 Å². The van der Waals surface area contributed by atoms with E-state index in [0.29, 0.717) is 11.5 Å². The second-order valence-corrected chi connectivity index (χ2v) is 5.48. The van der Waals surface area contributed by atoms with Crippen LogP contribution in [0, 0.1) is 0 Å². The highest BCUT2D eigenvalue weighted by molar-refractivity contribution is 5.71. The van der Waals surface area contributed by atoms with Crippen LogP contribution in [0.15, 0.2) is 18.2 Å². The fraction of sp³-hybridized carbons (Fsp3) is 0.533. The van der Waals surface area contributed by atoms with Gasteiger partial charge in [-0.1, -0.05) is 12.1 Å². The Balaban J connectivity index is 2.87. The average Bonchev–Trinajstić information content (AvgIpc) is 2.35. The smallest absolute Gasteiger partial charge is 0.308 e. The van der Waals surface area contributed by atoms with Crippen LogP contribution in [-0.4, -0.2) is 25.8 Å². The number of nitrogens with two attached hydrogens (primary N) is 1. The third kappa shape index (κ3) is 4.42. The van der Waals surface area contributed by atoms with E-state index < -0.39 is 11.6 Å². The molecule has 0 amide bonds. The minimum Gasteiger partial charge on any atom is -0.493 e. The maximum Gasteiger partial charge on any atom is 0.308 e. The van der Waals surface area contributed by atoms with Gasteiger partial charge in [0.25, 0.3) is 0 Å². The van der Waals surface area contributed by atoms with E-state index in [1.807, 2.05) is 32.9 Å². The van der Waals surface area contributed by atoms with Crippen LogP contribution in [0.5, 0.6) is 11.5 Å². The molecule has 0 radical (unpaired) electrons. The van der Waals surface area contributed by atoms with Crippen molar-refractivity contribution < 1.29 is 19.0 Å². The molecule has 0 fully saturated rings. The summed E-state index contributed by atoms with van der Waals surface area (Å²) in [5, 5.41) is 0. The zero-order valence-electron chi connectivity index (χ0n) is 12.7. The van der Waals surface area contributed by atoms with Gasteiger partial charge in [-0.2, -0.15) is 0 Å². The van der Waals surface area contributed by atoms with Crippen molar-refractivity contribution in [2.24, 2.45) is 5.73 Å². The molecule has 0 aliphatic carbocycles. The quantitative estimate of drug-likeness (QED) is 0.839. The van der Waals surface area contributed by atoms with Crippen molar-refractivity contribution in [2.75, 3.05) is 14.2 Å². The molecular formula is C15H23NO4. The number of carbonyl (C=O) groups is 1. The molecule has 0 bridgehead atoms. The number of para-hydroxylation sites is 1. The number of methoxy groups -OCH3 is 2. The minimum atomic E-state index is -0.519. The molecule has 5 nitrogen and oxygen atoms in total. The molecule has 0 spiro atoms. The summed E-state index contributed by atoms with van der Waals surface area (Å²) in [5.74, 6) is 0.797. The van der Waals surface area contributed by atoms with Gasteiger partial charge in [-0.25, -0.2) is 0 Å². The fourth-order valence-electron chi connectivity index (χ4n) is 1.88. The number of hydrogen-bond acceptors (Lipinski definition) is 5. The standard InChI is InChI=1S/C15H23NO4/c1-15(2,3)20-13(17)9-11(16)10-7-6-8-12(18-4)14(10)19-5/h6-8,11H,9,16H2,1-5H3. The summed E-state index contributed by atoms with van der Waals surface area (Å²) >= 11 is 0. The van der Waals surface area contributed by atoms with Crippen molar-refractivity contribution in [3.63, 3.8) is 0 Å². The van der Waals surface area contributed by atoms with Gasteiger partial charge in [0.05, 0.1) is 20.6 Å². The minimum absolute atomic E-state index is 0.0841. The van der Waals surface area contributed by atoms with Crippen LogP contribution >= 0.6 is 0 Å². The Morgan fingerprint density at radius 1 is 1.25 bits per heavy atom. The molecule has 1 aromatic carbocycles. The van der Waals surface area contributed by atoms with Crippen molar-refractivity contribution in [3.05, 3.63) is 23.8 Å². The molecule has 1 rings (SSSR count). The molecule has 1 unspecified atom stereocenters. The summed E-state index contributed by atoms with van der Waals surface area (Å²) in [6.45, 7) is 5.47. The normalized spacial score (nSPS) is 12.7. The van der Waals surface area contributed by atoms with Gasteiger partial charge in [0, 0.05) is 11.6 Å². The lowest BCUT2D eigenvalue weighted by Crippen LogP contribution is -2.26. The van der Waals surface area contributed by atoms with Crippen molar-refractivity contribution in [2.45, 2.75) is 38.8 Å². The number of carbonyl (C=O) groups excluding carboxylic acids is 1. The predicted octanol–water partition coefficient (Wildman–Crippen LogP) is 2.44. The fourth-order valence-corrected chi connectivity index (χ4v) is 1.88. The Morgan fingerprint density at radius 3 is 2.40 bits per heavy atom. The van der Waals surface area contributed by atoms with E-state index in [2.05, 4.69) is 0 Å². The molecule has 0 saturated heterocycles. The Kier molecular flexibility index (Phi) is 5.39. The van der Waals surface area contributed by atoms with Crippen molar-refractivity contribution in [1.29, 1.82) is 0 Å². The zero-order valence-corrected chi connectivity index (χ0v) is 12.7. The van der Waals surface area contributed by atoms with E-state index in [9.17, 15) is 4.79 Å². The first-order valence-corrected chi connectivity index (χ1v) is 6.46. The van der Waals surface area contributed by atoms with E-state index in [4.69, 9.17) is 19.9 Å². The molecule has 0 aliphatic heterocycles. The van der Waals surface area contributed by atoms with Gasteiger partial charge in [0.2, 0.25) is 0 Å². The van der Waals surface area contributed by atoms with Gasteiger partial charge in [-0.05, 0) is 26.8 Å². The number of rotatable bonds is 5. The van der Waals surface area contributed by atoms with Gasteiger partial charge in [0.1, 0.15) is 5.60 Å². The van der Waals surface area contributed by atoms with Crippen molar-refractivity contribution in [3.8, 4) is 11.5 Å². The third-order valence-electron chi connectivity index (χ3n) is 2.64. The van der Waals surface area contributed by atoms with Crippen molar-refractivity contribution in [1.82, 2.24) is 0 Å². The maximum atomic E-state index is 11.8. The highest BCUT2D eigenvalue weighted by Crippen LogP contribution is 2.34. The molecule has 112 valence electrons. The maximum absolute atomic E-state index is 11.8. The number of hydrogen-bond donors (Lipinski definition) is 1. The summed E-state index contributed by atoms with van der Waals surface area (Å²) in [5.41, 5.74) is 6.28. The summed E-state index contributed by atoms with van der Waals surface area (Å²) in [6, 6.07) is 4.90. The zero-order chi connectivity index (χ0) is 15.3. The van der Waals surface area contributed by atoms with Gasteiger partial charge in [-0.3, -0.25) is 4.79 Å². The van der Waals surface area contributed by atoms with E-state index in [0.717, 1.165) is 5.56 Å². The van der Waals surface area contributed by atoms with E-state index >= 15 is 0 Å². The lowest BCUT2D eigenvalue weighted by atomic mass is 10.0. The number of esters is 1. The van der Waals surface area contributed by atoms with Crippen LogP contribution in [0.4, 0.5) is 0 Å². The van der Waals surface area contributed by atoms with Crippen molar-refractivity contribution >= 4 is 5.97 Å². The molecule has 1 aromatic rings. The molecular weight excluding hydrogens is 258 g/mol. The van der Waals surface area contributed by atoms with E-state index in [-0.39, 0.29) is 12.4 Å². The van der Waals surface area contributed by atoms with Gasteiger partial charge >= 0.3 is 5.97 Å². The molecule has 2 N–H and O–H groups in total. The van der Waals surface area contributed by atoms with Crippen LogP contribution in [0.25, 0.3) is 0 Å². The summed E-state index contributed by atoms with van der Waals surface area (Å²) in [6.07, 6.45) is 0.0841. The second-order valence-electron chi connectivity index (χ2n) is 5.48. The Hall–Kier alpha value is -1.75. The lowest BCUT2D eigenvalue weighted by molar-refractivity contribution is -0.155. The van der Waals surface area contributed by atoms with Gasteiger partial charge < -0.3 is 19.9 Å². The first-order valence-electron chi connectivity index (χ1n) is 6.46.